The zero-order valence-corrected chi connectivity index (χ0v) is 14.1. The molecular formula is C16H21BrN4. The lowest BCUT2D eigenvalue weighted by molar-refractivity contribution is 0.462. The molecule has 5 heteroatoms. The summed E-state index contributed by atoms with van der Waals surface area (Å²) >= 11 is 3.75. The molecule has 0 fully saturated rings. The van der Waals surface area contributed by atoms with E-state index in [4.69, 9.17) is 5.10 Å². The van der Waals surface area contributed by atoms with Crippen LogP contribution in [0.15, 0.2) is 28.9 Å². The second-order valence-electron chi connectivity index (χ2n) is 5.49. The van der Waals surface area contributed by atoms with E-state index in [-0.39, 0.29) is 6.04 Å². The summed E-state index contributed by atoms with van der Waals surface area (Å²) in [5.74, 6) is 1.60. The van der Waals surface area contributed by atoms with Gasteiger partial charge in [0, 0.05) is 18.7 Å². The van der Waals surface area contributed by atoms with Crippen LogP contribution in [0, 0.1) is 0 Å². The summed E-state index contributed by atoms with van der Waals surface area (Å²) in [6.45, 7) is 5.40. The van der Waals surface area contributed by atoms with Crippen LogP contribution in [0.2, 0.25) is 0 Å². The molecule has 1 aliphatic rings. The predicted molar refractivity (Wildman–Crippen MR) is 88.7 cm³/mol. The van der Waals surface area contributed by atoms with Crippen molar-refractivity contribution in [3.63, 3.8) is 0 Å². The highest BCUT2D eigenvalue weighted by Gasteiger charge is 2.29. The quantitative estimate of drug-likeness (QED) is 0.892. The van der Waals surface area contributed by atoms with Crippen molar-refractivity contribution < 1.29 is 0 Å². The molecule has 0 saturated heterocycles. The van der Waals surface area contributed by atoms with Gasteiger partial charge in [-0.25, -0.2) is 4.68 Å². The minimum atomic E-state index is 0.224. The van der Waals surface area contributed by atoms with Gasteiger partial charge in [0.05, 0.1) is 21.9 Å². The molecule has 0 amide bonds. The summed E-state index contributed by atoms with van der Waals surface area (Å²) < 4.78 is 3.24. The Morgan fingerprint density at radius 1 is 1.38 bits per heavy atom. The van der Waals surface area contributed by atoms with Crippen molar-refractivity contribution in [3.05, 3.63) is 40.3 Å². The first-order chi connectivity index (χ1) is 10.3. The normalized spacial score (nSPS) is 17.6. The van der Waals surface area contributed by atoms with E-state index >= 15 is 0 Å². The predicted octanol–water partition coefficient (Wildman–Crippen LogP) is 4.35. The fraction of sp³-hybridized carbons (Fsp3) is 0.500. The maximum absolute atomic E-state index is 4.92. The molecule has 0 aromatic carbocycles. The molecule has 3 heterocycles. The number of nitrogens with zero attached hydrogens (tertiary/aromatic N) is 3. The van der Waals surface area contributed by atoms with Crippen LogP contribution in [-0.4, -0.2) is 21.3 Å². The molecule has 2 aromatic rings. The van der Waals surface area contributed by atoms with Crippen molar-refractivity contribution in [2.75, 3.05) is 11.9 Å². The molecule has 3 rings (SSSR count). The Kier molecular flexibility index (Phi) is 4.29. The van der Waals surface area contributed by atoms with Crippen LogP contribution in [0.25, 0.3) is 0 Å². The highest BCUT2D eigenvalue weighted by molar-refractivity contribution is 9.10. The average molecular weight is 349 g/mol. The summed E-state index contributed by atoms with van der Waals surface area (Å²) in [5.41, 5.74) is 2.26. The number of pyridine rings is 1. The molecule has 1 aliphatic heterocycles. The van der Waals surface area contributed by atoms with Crippen LogP contribution < -0.4 is 5.32 Å². The third-order valence-corrected chi connectivity index (χ3v) is 5.07. The van der Waals surface area contributed by atoms with Crippen LogP contribution >= 0.6 is 15.9 Å². The SMILES string of the molecule is CCC(CC)c1nn2c(c1Br)NCCC2c1ccccn1. The van der Waals surface area contributed by atoms with Crippen molar-refractivity contribution >= 4 is 21.7 Å². The molecule has 0 radical (unpaired) electrons. The van der Waals surface area contributed by atoms with Gasteiger partial charge in [0.25, 0.3) is 0 Å². The highest BCUT2D eigenvalue weighted by atomic mass is 79.9. The Morgan fingerprint density at radius 2 is 2.19 bits per heavy atom. The van der Waals surface area contributed by atoms with Crippen LogP contribution in [0.4, 0.5) is 5.82 Å². The van der Waals surface area contributed by atoms with Gasteiger partial charge in [-0.3, -0.25) is 4.98 Å². The Labute approximate surface area is 134 Å². The summed E-state index contributed by atoms with van der Waals surface area (Å²) in [7, 11) is 0. The van der Waals surface area contributed by atoms with Crippen LogP contribution in [0.3, 0.4) is 0 Å². The lowest BCUT2D eigenvalue weighted by Crippen LogP contribution is -2.25. The van der Waals surface area contributed by atoms with Crippen LogP contribution in [-0.2, 0) is 0 Å². The fourth-order valence-electron chi connectivity index (χ4n) is 3.05. The zero-order chi connectivity index (χ0) is 14.8. The van der Waals surface area contributed by atoms with E-state index in [1.807, 2.05) is 18.3 Å². The second kappa shape index (κ2) is 6.18. The van der Waals surface area contributed by atoms with E-state index in [0.29, 0.717) is 5.92 Å². The van der Waals surface area contributed by atoms with Crippen molar-refractivity contribution in [3.8, 4) is 0 Å². The van der Waals surface area contributed by atoms with Crippen molar-refractivity contribution in [1.82, 2.24) is 14.8 Å². The molecule has 21 heavy (non-hydrogen) atoms. The van der Waals surface area contributed by atoms with E-state index in [1.165, 1.54) is 5.69 Å². The lowest BCUT2D eigenvalue weighted by atomic mass is 10.00. The number of anilines is 1. The molecule has 1 N–H and O–H groups in total. The molecular weight excluding hydrogens is 328 g/mol. The van der Waals surface area contributed by atoms with E-state index in [0.717, 1.165) is 41.8 Å². The standard InChI is InChI=1S/C16H21BrN4/c1-3-11(4-2)15-14(17)16-19-10-8-13(21(16)20-15)12-7-5-6-9-18-12/h5-7,9,11,13,19H,3-4,8,10H2,1-2H3. The van der Waals surface area contributed by atoms with Crippen molar-refractivity contribution in [1.29, 1.82) is 0 Å². The molecule has 0 saturated carbocycles. The minimum absolute atomic E-state index is 0.224. The number of fused-ring (bicyclic) bond motifs is 1. The number of nitrogens with one attached hydrogen (secondary N) is 1. The third-order valence-electron chi connectivity index (χ3n) is 4.28. The molecule has 112 valence electrons. The lowest BCUT2D eigenvalue weighted by Gasteiger charge is -2.25. The average Bonchev–Trinajstić information content (AvgIpc) is 2.87. The number of halogens is 1. The number of hydrogen-bond donors (Lipinski definition) is 1. The first-order valence-electron chi connectivity index (χ1n) is 7.68. The van der Waals surface area contributed by atoms with Gasteiger partial charge in [-0.1, -0.05) is 19.9 Å². The molecule has 0 aliphatic carbocycles. The van der Waals surface area contributed by atoms with Crippen molar-refractivity contribution in [2.24, 2.45) is 0 Å². The van der Waals surface area contributed by atoms with Gasteiger partial charge >= 0.3 is 0 Å². The van der Waals surface area contributed by atoms with Gasteiger partial charge in [0.2, 0.25) is 0 Å². The van der Waals surface area contributed by atoms with Gasteiger partial charge in [-0.2, -0.15) is 5.10 Å². The summed E-state index contributed by atoms with van der Waals surface area (Å²) in [5, 5.41) is 8.40. The molecule has 1 unspecified atom stereocenters. The summed E-state index contributed by atoms with van der Waals surface area (Å²) in [4.78, 5) is 4.52. The second-order valence-corrected chi connectivity index (χ2v) is 6.28. The Bertz CT molecular complexity index is 604. The van der Waals surface area contributed by atoms with E-state index in [2.05, 4.69) is 50.8 Å². The molecule has 2 aromatic heterocycles. The first kappa shape index (κ1) is 14.6. The summed E-state index contributed by atoms with van der Waals surface area (Å²) in [6.07, 6.45) is 5.09. The smallest absolute Gasteiger partial charge is 0.139 e. The minimum Gasteiger partial charge on any atom is -0.369 e. The third kappa shape index (κ3) is 2.59. The largest absolute Gasteiger partial charge is 0.369 e. The van der Waals surface area contributed by atoms with Gasteiger partial charge in [0.1, 0.15) is 5.82 Å². The van der Waals surface area contributed by atoms with Crippen molar-refractivity contribution in [2.45, 2.75) is 45.1 Å². The summed E-state index contributed by atoms with van der Waals surface area (Å²) in [6, 6.07) is 6.32. The Balaban J connectivity index is 2.04. The van der Waals surface area contributed by atoms with E-state index in [9.17, 15) is 0 Å². The van der Waals surface area contributed by atoms with Gasteiger partial charge in [-0.05, 0) is 47.3 Å². The van der Waals surface area contributed by atoms with Gasteiger partial charge < -0.3 is 5.32 Å². The number of hydrogen-bond acceptors (Lipinski definition) is 3. The van der Waals surface area contributed by atoms with Gasteiger partial charge in [-0.15, -0.1) is 0 Å². The maximum Gasteiger partial charge on any atom is 0.139 e. The van der Waals surface area contributed by atoms with E-state index < -0.39 is 0 Å². The Hall–Kier alpha value is -1.36. The van der Waals surface area contributed by atoms with Gasteiger partial charge in [0.15, 0.2) is 0 Å². The van der Waals surface area contributed by atoms with E-state index in [1.54, 1.807) is 0 Å². The number of aromatic nitrogens is 3. The first-order valence-corrected chi connectivity index (χ1v) is 8.48. The van der Waals surface area contributed by atoms with Crippen LogP contribution in [0.1, 0.15) is 56.5 Å². The number of rotatable bonds is 4. The zero-order valence-electron chi connectivity index (χ0n) is 12.5. The monoisotopic (exact) mass is 348 g/mol. The molecule has 0 bridgehead atoms. The maximum atomic E-state index is 4.92. The topological polar surface area (TPSA) is 42.7 Å². The Morgan fingerprint density at radius 3 is 2.86 bits per heavy atom. The van der Waals surface area contributed by atoms with Crippen LogP contribution in [0.5, 0.6) is 0 Å². The molecule has 0 spiro atoms. The molecule has 1 atom stereocenters. The highest BCUT2D eigenvalue weighted by Crippen LogP contribution is 2.39. The molecule has 4 nitrogen and oxygen atoms in total. The fourth-order valence-corrected chi connectivity index (χ4v) is 3.77.